The molecular weight excluding hydrogens is 300 g/mol. The molecule has 1 N–H and O–H groups in total. The van der Waals surface area contributed by atoms with E-state index >= 15 is 0 Å². The topological polar surface area (TPSA) is 43.8 Å². The lowest BCUT2D eigenvalue weighted by Crippen LogP contribution is -2.40. The van der Waals surface area contributed by atoms with E-state index in [9.17, 15) is 9.90 Å². The molecule has 2 fully saturated rings. The van der Waals surface area contributed by atoms with Gasteiger partial charge in [0.15, 0.2) is 0 Å². The van der Waals surface area contributed by atoms with Gasteiger partial charge in [0.25, 0.3) is 0 Å². The monoisotopic (exact) mass is 322 g/mol. The lowest BCUT2D eigenvalue weighted by Gasteiger charge is -2.33. The van der Waals surface area contributed by atoms with Crippen LogP contribution in [0.5, 0.6) is 0 Å². The number of halogens is 1. The van der Waals surface area contributed by atoms with E-state index in [1.54, 1.807) is 6.92 Å². The van der Waals surface area contributed by atoms with Crippen molar-refractivity contribution in [1.82, 2.24) is 9.80 Å². The highest BCUT2D eigenvalue weighted by Crippen LogP contribution is 2.40. The Labute approximate surface area is 136 Å². The highest BCUT2D eigenvalue weighted by molar-refractivity contribution is 6.32. The molecule has 1 aromatic rings. The smallest absolute Gasteiger partial charge is 0.220 e. The standard InChI is InChI=1S/C17H23ClN2O2/c1-11-4-3-5-14(16(11)18)17-15(7-9-20(17)12(2)21)19-8-6-13(22)10-19/h3-5,13,15,17,22H,6-10H2,1-2H3/t13-,15+,17+/m0/s1. The van der Waals surface area contributed by atoms with Crippen LogP contribution in [0, 0.1) is 6.92 Å². The van der Waals surface area contributed by atoms with Gasteiger partial charge in [0.2, 0.25) is 5.91 Å². The van der Waals surface area contributed by atoms with E-state index in [1.807, 2.05) is 30.0 Å². The molecule has 0 aromatic heterocycles. The minimum absolute atomic E-state index is 0.0183. The molecule has 3 atom stereocenters. The third-order valence-electron chi connectivity index (χ3n) is 4.97. The Morgan fingerprint density at radius 3 is 2.73 bits per heavy atom. The lowest BCUT2D eigenvalue weighted by atomic mass is 9.97. The molecule has 3 rings (SSSR count). The first kappa shape index (κ1) is 15.8. The largest absolute Gasteiger partial charge is 0.392 e. The van der Waals surface area contributed by atoms with Crippen molar-refractivity contribution in [2.24, 2.45) is 0 Å². The molecule has 2 aliphatic rings. The SMILES string of the molecule is CC(=O)N1CC[C@@H](N2CC[C@H](O)C2)[C@H]1c1cccc(C)c1Cl. The fourth-order valence-electron chi connectivity index (χ4n) is 3.85. The summed E-state index contributed by atoms with van der Waals surface area (Å²) in [6.07, 6.45) is 1.49. The summed E-state index contributed by atoms with van der Waals surface area (Å²) < 4.78 is 0. The van der Waals surface area contributed by atoms with E-state index in [1.165, 1.54) is 0 Å². The van der Waals surface area contributed by atoms with Crippen molar-refractivity contribution in [2.45, 2.75) is 44.9 Å². The van der Waals surface area contributed by atoms with Crippen molar-refractivity contribution in [2.75, 3.05) is 19.6 Å². The van der Waals surface area contributed by atoms with E-state index < -0.39 is 0 Å². The number of aryl methyl sites for hydroxylation is 1. The van der Waals surface area contributed by atoms with Crippen molar-refractivity contribution < 1.29 is 9.90 Å². The number of aliphatic hydroxyl groups excluding tert-OH is 1. The normalized spacial score (nSPS) is 29.3. The summed E-state index contributed by atoms with van der Waals surface area (Å²) >= 11 is 6.54. The van der Waals surface area contributed by atoms with Crippen LogP contribution in [0.2, 0.25) is 5.02 Å². The van der Waals surface area contributed by atoms with Crippen LogP contribution in [0.1, 0.15) is 36.9 Å². The quantitative estimate of drug-likeness (QED) is 0.909. The van der Waals surface area contributed by atoms with Crippen LogP contribution in [0.3, 0.4) is 0 Å². The van der Waals surface area contributed by atoms with Crippen molar-refractivity contribution in [3.05, 3.63) is 34.3 Å². The van der Waals surface area contributed by atoms with Gasteiger partial charge in [-0.1, -0.05) is 29.8 Å². The number of β-amino-alcohol motifs (C(OH)–C–C–N with tert-alkyl or cyclic N) is 1. The first-order valence-electron chi connectivity index (χ1n) is 7.93. The van der Waals surface area contributed by atoms with Crippen LogP contribution >= 0.6 is 11.6 Å². The number of nitrogens with zero attached hydrogens (tertiary/aromatic N) is 2. The molecule has 0 unspecified atom stereocenters. The summed E-state index contributed by atoms with van der Waals surface area (Å²) in [5.41, 5.74) is 2.07. The van der Waals surface area contributed by atoms with Crippen molar-refractivity contribution in [1.29, 1.82) is 0 Å². The Bertz CT molecular complexity index is 578. The number of carbonyl (C=O) groups is 1. The summed E-state index contributed by atoms with van der Waals surface area (Å²) in [5, 5.41) is 10.6. The maximum absolute atomic E-state index is 12.1. The van der Waals surface area contributed by atoms with E-state index in [0.717, 1.165) is 42.1 Å². The number of amides is 1. The number of hydrogen-bond donors (Lipinski definition) is 1. The summed E-state index contributed by atoms with van der Waals surface area (Å²) in [6.45, 7) is 5.95. The van der Waals surface area contributed by atoms with Crippen LogP contribution in [0.15, 0.2) is 18.2 Å². The predicted molar refractivity (Wildman–Crippen MR) is 86.9 cm³/mol. The summed E-state index contributed by atoms with van der Waals surface area (Å²) in [7, 11) is 0. The molecule has 22 heavy (non-hydrogen) atoms. The minimum atomic E-state index is -0.250. The second-order valence-electron chi connectivity index (χ2n) is 6.43. The Kier molecular flexibility index (Phi) is 4.44. The molecule has 120 valence electrons. The van der Waals surface area contributed by atoms with Gasteiger partial charge in [-0.25, -0.2) is 0 Å². The Morgan fingerprint density at radius 2 is 2.09 bits per heavy atom. The molecule has 4 nitrogen and oxygen atoms in total. The molecule has 1 amide bonds. The summed E-state index contributed by atoms with van der Waals surface area (Å²) in [5.74, 6) is 0.0878. The van der Waals surface area contributed by atoms with Gasteiger partial charge in [-0.2, -0.15) is 0 Å². The Hall–Kier alpha value is -1.10. The predicted octanol–water partition coefficient (Wildman–Crippen LogP) is 2.38. The molecule has 0 aliphatic carbocycles. The zero-order valence-corrected chi connectivity index (χ0v) is 13.9. The van der Waals surface area contributed by atoms with Gasteiger partial charge in [0, 0.05) is 37.6 Å². The third kappa shape index (κ3) is 2.75. The molecule has 1 aromatic carbocycles. The van der Waals surface area contributed by atoms with Crippen molar-refractivity contribution >= 4 is 17.5 Å². The number of likely N-dealkylation sites (tertiary alicyclic amines) is 2. The van der Waals surface area contributed by atoms with E-state index in [0.29, 0.717) is 6.54 Å². The second-order valence-corrected chi connectivity index (χ2v) is 6.81. The maximum atomic E-state index is 12.1. The summed E-state index contributed by atoms with van der Waals surface area (Å²) in [6, 6.07) is 6.24. The Morgan fingerprint density at radius 1 is 1.32 bits per heavy atom. The van der Waals surface area contributed by atoms with Crippen molar-refractivity contribution in [3.63, 3.8) is 0 Å². The zero-order valence-electron chi connectivity index (χ0n) is 13.1. The first-order chi connectivity index (χ1) is 10.5. The van der Waals surface area contributed by atoms with Gasteiger partial charge in [0.05, 0.1) is 12.1 Å². The van der Waals surface area contributed by atoms with Crippen molar-refractivity contribution in [3.8, 4) is 0 Å². The highest BCUT2D eigenvalue weighted by atomic mass is 35.5. The third-order valence-corrected chi connectivity index (χ3v) is 5.49. The fourth-order valence-corrected chi connectivity index (χ4v) is 4.09. The van der Waals surface area contributed by atoms with Crippen LogP contribution in [-0.2, 0) is 4.79 Å². The average Bonchev–Trinajstić information content (AvgIpc) is 3.07. The van der Waals surface area contributed by atoms with E-state index in [-0.39, 0.29) is 24.1 Å². The second kappa shape index (κ2) is 6.19. The van der Waals surface area contributed by atoms with Crippen LogP contribution in [0.25, 0.3) is 0 Å². The maximum Gasteiger partial charge on any atom is 0.220 e. The van der Waals surface area contributed by atoms with E-state index in [4.69, 9.17) is 11.6 Å². The number of carbonyl (C=O) groups excluding carboxylic acids is 1. The van der Waals surface area contributed by atoms with Gasteiger partial charge < -0.3 is 10.0 Å². The number of rotatable bonds is 2. The zero-order chi connectivity index (χ0) is 15.9. The van der Waals surface area contributed by atoms with Crippen LogP contribution in [0.4, 0.5) is 0 Å². The number of aliphatic hydroxyl groups is 1. The Balaban J connectivity index is 1.97. The first-order valence-corrected chi connectivity index (χ1v) is 8.31. The van der Waals surface area contributed by atoms with Gasteiger partial charge in [0.1, 0.15) is 0 Å². The number of hydrogen-bond acceptors (Lipinski definition) is 3. The van der Waals surface area contributed by atoms with Gasteiger partial charge >= 0.3 is 0 Å². The van der Waals surface area contributed by atoms with Crippen LogP contribution < -0.4 is 0 Å². The molecule has 2 aliphatic heterocycles. The summed E-state index contributed by atoms with van der Waals surface area (Å²) in [4.78, 5) is 16.3. The number of benzene rings is 1. The molecule has 0 radical (unpaired) electrons. The average molecular weight is 323 g/mol. The van der Waals surface area contributed by atoms with Crippen LogP contribution in [-0.4, -0.2) is 52.6 Å². The molecule has 0 spiro atoms. The minimum Gasteiger partial charge on any atom is -0.392 e. The van der Waals surface area contributed by atoms with E-state index in [2.05, 4.69) is 4.90 Å². The molecule has 0 bridgehead atoms. The van der Waals surface area contributed by atoms with Gasteiger partial charge in [-0.15, -0.1) is 0 Å². The molecular formula is C17H23ClN2O2. The molecule has 5 heteroatoms. The molecule has 2 saturated heterocycles. The van der Waals surface area contributed by atoms with Gasteiger partial charge in [-0.3, -0.25) is 9.69 Å². The lowest BCUT2D eigenvalue weighted by molar-refractivity contribution is -0.130. The van der Waals surface area contributed by atoms with Gasteiger partial charge in [-0.05, 0) is 30.9 Å². The fraction of sp³-hybridized carbons (Fsp3) is 0.588. The molecule has 2 heterocycles. The highest BCUT2D eigenvalue weighted by Gasteiger charge is 2.42. The molecule has 0 saturated carbocycles.